The maximum Gasteiger partial charge on any atom is 0.265 e. The molecule has 0 bridgehead atoms. The molecule has 1 aromatic heterocycles. The van der Waals surface area contributed by atoms with Crippen molar-refractivity contribution in [2.45, 2.75) is 20.3 Å². The molecule has 1 aliphatic heterocycles. The van der Waals surface area contributed by atoms with Gasteiger partial charge in [-0.25, -0.2) is 4.98 Å². The highest BCUT2D eigenvalue weighted by Crippen LogP contribution is 2.38. The largest absolute Gasteiger partial charge is 0.482 e. The van der Waals surface area contributed by atoms with Gasteiger partial charge in [0.2, 0.25) is 5.91 Å². The summed E-state index contributed by atoms with van der Waals surface area (Å²) < 4.78 is 5.51. The van der Waals surface area contributed by atoms with Gasteiger partial charge in [0, 0.05) is 23.4 Å². The fraction of sp³-hybridized carbons (Fsp3) is 0.278. The molecule has 130 valence electrons. The predicted molar refractivity (Wildman–Crippen MR) is 99.3 cm³/mol. The Hall–Kier alpha value is -2.67. The molecule has 2 amide bonds. The molecule has 0 radical (unpaired) electrons. The Labute approximate surface area is 150 Å². The van der Waals surface area contributed by atoms with Crippen LogP contribution in [-0.4, -0.2) is 29.9 Å². The van der Waals surface area contributed by atoms with Crippen LogP contribution >= 0.6 is 11.3 Å². The molecule has 0 saturated carbocycles. The van der Waals surface area contributed by atoms with Gasteiger partial charge in [0.25, 0.3) is 5.91 Å². The number of carbonyl (C=O) groups excluding carboxylic acids is 2. The van der Waals surface area contributed by atoms with E-state index in [1.807, 2.05) is 25.1 Å². The van der Waals surface area contributed by atoms with Crippen LogP contribution in [0.25, 0.3) is 11.3 Å². The highest BCUT2D eigenvalue weighted by atomic mass is 32.1. The van der Waals surface area contributed by atoms with Crippen molar-refractivity contribution in [3.8, 4) is 17.0 Å². The SMILES string of the molecule is C=CCN1C(=O)COc2ccc(-c3nc(NC(=O)CC)sc3C)cc21. The number of hydrogen-bond donors (Lipinski definition) is 1. The monoisotopic (exact) mass is 357 g/mol. The summed E-state index contributed by atoms with van der Waals surface area (Å²) in [6.07, 6.45) is 2.09. The summed E-state index contributed by atoms with van der Waals surface area (Å²) in [4.78, 5) is 30.8. The van der Waals surface area contributed by atoms with Crippen molar-refractivity contribution in [3.63, 3.8) is 0 Å². The molecule has 7 heteroatoms. The van der Waals surface area contributed by atoms with Crippen LogP contribution in [0.4, 0.5) is 10.8 Å². The Morgan fingerprint density at radius 2 is 2.32 bits per heavy atom. The third-order valence-corrected chi connectivity index (χ3v) is 4.74. The Balaban J connectivity index is 1.98. The summed E-state index contributed by atoms with van der Waals surface area (Å²) in [6, 6.07) is 5.65. The van der Waals surface area contributed by atoms with Gasteiger partial charge in [0.1, 0.15) is 5.75 Å². The van der Waals surface area contributed by atoms with Gasteiger partial charge in [-0.3, -0.25) is 9.59 Å². The average Bonchev–Trinajstić information content (AvgIpc) is 2.97. The highest BCUT2D eigenvalue weighted by Gasteiger charge is 2.25. The maximum absolute atomic E-state index is 12.1. The van der Waals surface area contributed by atoms with Crippen molar-refractivity contribution in [3.05, 3.63) is 35.7 Å². The molecular formula is C18H19N3O3S. The number of anilines is 2. The molecular weight excluding hydrogens is 338 g/mol. The Bertz CT molecular complexity index is 844. The number of rotatable bonds is 5. The van der Waals surface area contributed by atoms with E-state index in [-0.39, 0.29) is 18.4 Å². The Morgan fingerprint density at radius 3 is 3.04 bits per heavy atom. The molecule has 3 rings (SSSR count). The first-order valence-electron chi connectivity index (χ1n) is 7.99. The number of nitrogens with zero attached hydrogens (tertiary/aromatic N) is 2. The first-order valence-corrected chi connectivity index (χ1v) is 8.81. The van der Waals surface area contributed by atoms with E-state index in [2.05, 4.69) is 16.9 Å². The standard InChI is InChI=1S/C18H19N3O3S/c1-4-8-21-13-9-12(6-7-14(13)24-10-16(21)23)17-11(3)25-18(20-17)19-15(22)5-2/h4,6-7,9H,1,5,8,10H2,2-3H3,(H,19,20,22). The highest BCUT2D eigenvalue weighted by molar-refractivity contribution is 7.16. The lowest BCUT2D eigenvalue weighted by Gasteiger charge is -2.28. The summed E-state index contributed by atoms with van der Waals surface area (Å²) in [7, 11) is 0. The van der Waals surface area contributed by atoms with Crippen molar-refractivity contribution in [1.29, 1.82) is 0 Å². The Kier molecular flexibility index (Phi) is 4.85. The lowest BCUT2D eigenvalue weighted by atomic mass is 10.1. The van der Waals surface area contributed by atoms with Crippen molar-refractivity contribution in [2.75, 3.05) is 23.4 Å². The second kappa shape index (κ2) is 7.06. The summed E-state index contributed by atoms with van der Waals surface area (Å²) in [5.41, 5.74) is 2.37. The van der Waals surface area contributed by atoms with Crippen LogP contribution in [0.15, 0.2) is 30.9 Å². The molecule has 1 N–H and O–H groups in total. The van der Waals surface area contributed by atoms with Gasteiger partial charge in [-0.2, -0.15) is 0 Å². The molecule has 1 aliphatic rings. The van der Waals surface area contributed by atoms with E-state index in [1.165, 1.54) is 11.3 Å². The van der Waals surface area contributed by atoms with E-state index < -0.39 is 0 Å². The number of nitrogens with one attached hydrogen (secondary N) is 1. The molecule has 0 unspecified atom stereocenters. The van der Waals surface area contributed by atoms with Crippen molar-refractivity contribution in [2.24, 2.45) is 0 Å². The minimum Gasteiger partial charge on any atom is -0.482 e. The smallest absolute Gasteiger partial charge is 0.265 e. The Morgan fingerprint density at radius 1 is 1.52 bits per heavy atom. The van der Waals surface area contributed by atoms with Gasteiger partial charge < -0.3 is 15.0 Å². The normalized spacial score (nSPS) is 13.2. The van der Waals surface area contributed by atoms with Gasteiger partial charge in [-0.05, 0) is 25.1 Å². The van der Waals surface area contributed by atoms with Crippen LogP contribution in [0.5, 0.6) is 5.75 Å². The number of fused-ring (bicyclic) bond motifs is 1. The minimum atomic E-state index is -0.101. The van der Waals surface area contributed by atoms with E-state index >= 15 is 0 Å². The first-order chi connectivity index (χ1) is 12.0. The molecule has 0 atom stereocenters. The van der Waals surface area contributed by atoms with E-state index in [9.17, 15) is 9.59 Å². The van der Waals surface area contributed by atoms with E-state index in [0.29, 0.717) is 29.5 Å². The summed E-state index contributed by atoms with van der Waals surface area (Å²) in [6.45, 7) is 7.92. The molecule has 6 nitrogen and oxygen atoms in total. The molecule has 0 aliphatic carbocycles. The number of benzene rings is 1. The zero-order chi connectivity index (χ0) is 18.0. The van der Waals surface area contributed by atoms with Crippen LogP contribution in [0.3, 0.4) is 0 Å². The molecule has 25 heavy (non-hydrogen) atoms. The third kappa shape index (κ3) is 3.41. The number of hydrogen-bond acceptors (Lipinski definition) is 5. The van der Waals surface area contributed by atoms with Gasteiger partial charge in [0.05, 0.1) is 11.4 Å². The molecule has 0 saturated heterocycles. The maximum atomic E-state index is 12.1. The van der Waals surface area contributed by atoms with Crippen LogP contribution in [0.2, 0.25) is 0 Å². The van der Waals surface area contributed by atoms with E-state index in [0.717, 1.165) is 16.1 Å². The van der Waals surface area contributed by atoms with Crippen molar-refractivity contribution < 1.29 is 14.3 Å². The number of amides is 2. The molecule has 1 aromatic carbocycles. The third-order valence-electron chi connectivity index (χ3n) is 3.85. The lowest BCUT2D eigenvalue weighted by molar-refractivity contribution is -0.121. The molecule has 0 fully saturated rings. The molecule has 0 spiro atoms. The number of thiazole rings is 1. The first kappa shape index (κ1) is 17.2. The quantitative estimate of drug-likeness (QED) is 0.833. The number of aromatic nitrogens is 1. The fourth-order valence-electron chi connectivity index (χ4n) is 2.60. The summed E-state index contributed by atoms with van der Waals surface area (Å²) in [5, 5.41) is 3.36. The van der Waals surface area contributed by atoms with Crippen LogP contribution in [-0.2, 0) is 9.59 Å². The zero-order valence-corrected chi connectivity index (χ0v) is 15.0. The fourth-order valence-corrected chi connectivity index (χ4v) is 3.46. The number of ether oxygens (including phenoxy) is 1. The van der Waals surface area contributed by atoms with Crippen LogP contribution in [0.1, 0.15) is 18.2 Å². The van der Waals surface area contributed by atoms with Gasteiger partial charge in [0.15, 0.2) is 11.7 Å². The van der Waals surface area contributed by atoms with Crippen LogP contribution in [0, 0.1) is 6.92 Å². The second-order valence-electron chi connectivity index (χ2n) is 5.59. The second-order valence-corrected chi connectivity index (χ2v) is 6.79. The molecule has 2 heterocycles. The summed E-state index contributed by atoms with van der Waals surface area (Å²) in [5.74, 6) is 0.495. The van der Waals surface area contributed by atoms with E-state index in [1.54, 1.807) is 17.9 Å². The van der Waals surface area contributed by atoms with Gasteiger partial charge >= 0.3 is 0 Å². The van der Waals surface area contributed by atoms with E-state index in [4.69, 9.17) is 4.74 Å². The minimum absolute atomic E-state index is 0.0309. The topological polar surface area (TPSA) is 71.5 Å². The molecule has 2 aromatic rings. The van der Waals surface area contributed by atoms with Gasteiger partial charge in [-0.15, -0.1) is 17.9 Å². The van der Waals surface area contributed by atoms with Gasteiger partial charge in [-0.1, -0.05) is 13.0 Å². The lowest BCUT2D eigenvalue weighted by Crippen LogP contribution is -2.38. The van der Waals surface area contributed by atoms with Crippen molar-refractivity contribution in [1.82, 2.24) is 4.98 Å². The predicted octanol–water partition coefficient (Wildman–Crippen LogP) is 3.38. The summed E-state index contributed by atoms with van der Waals surface area (Å²) >= 11 is 1.43. The average molecular weight is 357 g/mol. The number of carbonyl (C=O) groups is 2. The zero-order valence-electron chi connectivity index (χ0n) is 14.2. The number of aryl methyl sites for hydroxylation is 1. The van der Waals surface area contributed by atoms with Crippen molar-refractivity contribution >= 4 is 34.0 Å². The van der Waals surface area contributed by atoms with Crippen LogP contribution < -0.4 is 15.0 Å².